The van der Waals surface area contributed by atoms with Gasteiger partial charge in [0, 0.05) is 21.1 Å². The molecule has 75 valence electrons. The van der Waals surface area contributed by atoms with E-state index in [1.165, 1.54) is 0 Å². The van der Waals surface area contributed by atoms with Gasteiger partial charge in [-0.3, -0.25) is 0 Å². The van der Waals surface area contributed by atoms with E-state index in [1.807, 2.05) is 24.3 Å². The molecule has 0 saturated carbocycles. The topological polar surface area (TPSA) is 0 Å². The largest absolute Gasteiger partial charge is 0.0836 e. The van der Waals surface area contributed by atoms with E-state index >= 15 is 0 Å². The minimum absolute atomic E-state index is 0.546. The molecule has 0 aliphatic carbocycles. The van der Waals surface area contributed by atoms with Gasteiger partial charge in [0.1, 0.15) is 0 Å². The van der Waals surface area contributed by atoms with Crippen LogP contribution in [0.15, 0.2) is 40.9 Å². The van der Waals surface area contributed by atoms with E-state index in [2.05, 4.69) is 22.0 Å². The Morgan fingerprint density at radius 2 is 1.67 bits per heavy atom. The van der Waals surface area contributed by atoms with Gasteiger partial charge in [0.25, 0.3) is 0 Å². The molecule has 2 aromatic rings. The molecule has 0 fully saturated rings. The maximum Gasteiger partial charge on any atom is 0.0578 e. The fourth-order valence-corrected chi connectivity index (χ4v) is 2.18. The van der Waals surface area contributed by atoms with Crippen LogP contribution in [0.2, 0.25) is 10.0 Å². The Balaban J connectivity index is 2.58. The van der Waals surface area contributed by atoms with Crippen LogP contribution < -0.4 is 0 Å². The van der Waals surface area contributed by atoms with Crippen LogP contribution in [0.3, 0.4) is 0 Å². The van der Waals surface area contributed by atoms with E-state index in [0.29, 0.717) is 10.0 Å². The predicted molar refractivity (Wildman–Crippen MR) is 68.4 cm³/mol. The molecule has 0 saturated heterocycles. The summed E-state index contributed by atoms with van der Waals surface area (Å²) in [5.74, 6) is 0. The van der Waals surface area contributed by atoms with Crippen molar-refractivity contribution in [2.45, 2.75) is 0 Å². The molecule has 0 amide bonds. The summed E-state index contributed by atoms with van der Waals surface area (Å²) < 4.78 is 1.03. The first kappa shape index (κ1) is 11.0. The number of hydrogen-bond acceptors (Lipinski definition) is 0. The van der Waals surface area contributed by atoms with Crippen LogP contribution in [0.25, 0.3) is 11.1 Å². The van der Waals surface area contributed by atoms with Crippen molar-refractivity contribution >= 4 is 39.1 Å². The van der Waals surface area contributed by atoms with Gasteiger partial charge in [0.15, 0.2) is 0 Å². The number of hydrogen-bond donors (Lipinski definition) is 0. The van der Waals surface area contributed by atoms with Crippen LogP contribution >= 0.6 is 39.1 Å². The van der Waals surface area contributed by atoms with Crippen LogP contribution in [0.1, 0.15) is 0 Å². The molecule has 2 aromatic carbocycles. The lowest BCUT2D eigenvalue weighted by Crippen LogP contribution is -1.81. The van der Waals surface area contributed by atoms with Crippen LogP contribution in [0, 0.1) is 6.07 Å². The summed E-state index contributed by atoms with van der Waals surface area (Å²) in [5, 5.41) is 1.19. The fraction of sp³-hybridized carbons (Fsp3) is 0. The maximum atomic E-state index is 6.09. The first-order valence-corrected chi connectivity index (χ1v) is 5.85. The molecule has 0 N–H and O–H groups in total. The highest BCUT2D eigenvalue weighted by Gasteiger charge is 2.07. The van der Waals surface area contributed by atoms with E-state index in [-0.39, 0.29) is 0 Å². The average molecular weight is 301 g/mol. The highest BCUT2D eigenvalue weighted by atomic mass is 79.9. The van der Waals surface area contributed by atoms with Gasteiger partial charge < -0.3 is 0 Å². The van der Waals surface area contributed by atoms with E-state index in [0.717, 1.165) is 15.6 Å². The summed E-state index contributed by atoms with van der Waals surface area (Å²) in [7, 11) is 0. The van der Waals surface area contributed by atoms with Gasteiger partial charge in [-0.05, 0) is 23.8 Å². The lowest BCUT2D eigenvalue weighted by atomic mass is 10.1. The first-order chi connectivity index (χ1) is 7.18. The van der Waals surface area contributed by atoms with Crippen molar-refractivity contribution in [1.29, 1.82) is 0 Å². The molecule has 3 heteroatoms. The molecule has 0 unspecified atom stereocenters. The molecule has 1 radical (unpaired) electrons. The number of rotatable bonds is 1. The van der Waals surface area contributed by atoms with Gasteiger partial charge in [-0.15, -0.1) is 0 Å². The Labute approximate surface area is 107 Å². The third-order valence-corrected chi connectivity index (χ3v) is 3.17. The second-order valence-corrected chi connectivity index (χ2v) is 4.72. The zero-order chi connectivity index (χ0) is 10.8. The molecule has 0 bridgehead atoms. The van der Waals surface area contributed by atoms with Crippen molar-refractivity contribution in [3.8, 4) is 11.1 Å². The molecule has 0 spiro atoms. The zero-order valence-corrected chi connectivity index (χ0v) is 10.7. The highest BCUT2D eigenvalue weighted by molar-refractivity contribution is 9.10. The van der Waals surface area contributed by atoms with Crippen molar-refractivity contribution in [1.82, 2.24) is 0 Å². The quantitative estimate of drug-likeness (QED) is 0.677. The van der Waals surface area contributed by atoms with Crippen LogP contribution in [-0.4, -0.2) is 0 Å². The minimum Gasteiger partial charge on any atom is -0.0836 e. The molecule has 0 atom stereocenters. The van der Waals surface area contributed by atoms with Crippen molar-refractivity contribution in [3.05, 3.63) is 57.0 Å². The Bertz CT molecular complexity index is 457. The molecular formula is C12H6BrCl2. The summed E-state index contributed by atoms with van der Waals surface area (Å²) in [5.41, 5.74) is 1.82. The Hall–Kier alpha value is -0.500. The molecular weight excluding hydrogens is 295 g/mol. The summed E-state index contributed by atoms with van der Waals surface area (Å²) >= 11 is 15.5. The molecule has 0 aromatic heterocycles. The minimum atomic E-state index is 0.546. The number of halogens is 3. The standard InChI is InChI=1S/C12H6BrCl2/c13-9-6-4-8(5-7-9)12-10(14)2-1-3-11(12)15/h1-2,4-7H. The summed E-state index contributed by atoms with van der Waals surface area (Å²) in [6.45, 7) is 0. The van der Waals surface area contributed by atoms with Gasteiger partial charge in [0.05, 0.1) is 5.02 Å². The van der Waals surface area contributed by atoms with Gasteiger partial charge in [-0.2, -0.15) is 0 Å². The van der Waals surface area contributed by atoms with Gasteiger partial charge in [0.2, 0.25) is 0 Å². The summed E-state index contributed by atoms with van der Waals surface area (Å²) in [4.78, 5) is 0. The molecule has 2 rings (SSSR count). The van der Waals surface area contributed by atoms with E-state index in [4.69, 9.17) is 23.2 Å². The third-order valence-electron chi connectivity index (χ3n) is 2.03. The van der Waals surface area contributed by atoms with Gasteiger partial charge in [-0.1, -0.05) is 57.3 Å². The molecule has 0 aliphatic heterocycles. The maximum absolute atomic E-state index is 6.09. The number of benzene rings is 2. The first-order valence-electron chi connectivity index (χ1n) is 4.30. The fourth-order valence-electron chi connectivity index (χ4n) is 1.33. The van der Waals surface area contributed by atoms with Crippen molar-refractivity contribution in [3.63, 3.8) is 0 Å². The van der Waals surface area contributed by atoms with Gasteiger partial charge in [-0.25, -0.2) is 0 Å². The van der Waals surface area contributed by atoms with Crippen LogP contribution in [0.5, 0.6) is 0 Å². The Kier molecular flexibility index (Phi) is 3.35. The van der Waals surface area contributed by atoms with E-state index in [1.54, 1.807) is 12.1 Å². The predicted octanol–water partition coefficient (Wildman–Crippen LogP) is 5.22. The normalized spacial score (nSPS) is 10.3. The lowest BCUT2D eigenvalue weighted by Gasteiger charge is -2.06. The molecule has 0 nitrogen and oxygen atoms in total. The second kappa shape index (κ2) is 4.56. The second-order valence-electron chi connectivity index (χ2n) is 3.02. The van der Waals surface area contributed by atoms with Crippen molar-refractivity contribution in [2.75, 3.05) is 0 Å². The highest BCUT2D eigenvalue weighted by Crippen LogP contribution is 2.34. The smallest absolute Gasteiger partial charge is 0.0578 e. The zero-order valence-electron chi connectivity index (χ0n) is 7.60. The molecule has 0 aliphatic rings. The van der Waals surface area contributed by atoms with E-state index < -0.39 is 0 Å². The third kappa shape index (κ3) is 2.36. The molecule has 0 heterocycles. The Morgan fingerprint density at radius 3 is 2.27 bits per heavy atom. The van der Waals surface area contributed by atoms with Crippen LogP contribution in [0.4, 0.5) is 0 Å². The van der Waals surface area contributed by atoms with Crippen molar-refractivity contribution < 1.29 is 0 Å². The monoisotopic (exact) mass is 299 g/mol. The van der Waals surface area contributed by atoms with Crippen LogP contribution in [-0.2, 0) is 0 Å². The lowest BCUT2D eigenvalue weighted by molar-refractivity contribution is 1.59. The molecule has 15 heavy (non-hydrogen) atoms. The summed E-state index contributed by atoms with van der Waals surface area (Å²) in [6, 6.07) is 14.3. The SMILES string of the molecule is Clc1[c]ccc(Cl)c1-c1ccc(Br)cc1. The average Bonchev–Trinajstić information content (AvgIpc) is 2.20. The Morgan fingerprint density at radius 1 is 1.00 bits per heavy atom. The summed E-state index contributed by atoms with van der Waals surface area (Å²) in [6.07, 6.45) is 0. The van der Waals surface area contributed by atoms with E-state index in [9.17, 15) is 0 Å². The van der Waals surface area contributed by atoms with Gasteiger partial charge >= 0.3 is 0 Å². The van der Waals surface area contributed by atoms with Crippen molar-refractivity contribution in [2.24, 2.45) is 0 Å².